The molecule has 2 aromatic rings. The summed E-state index contributed by atoms with van der Waals surface area (Å²) in [4.78, 5) is 26.0. The fraction of sp³-hybridized carbons (Fsp3) is 0.238. The zero-order chi connectivity index (χ0) is 20.1. The Hall–Kier alpha value is -2.44. The molecule has 2 aromatic carbocycles. The number of nitrogens with one attached hydrogen (secondary N) is 2. The molecule has 1 unspecified atom stereocenters. The van der Waals surface area contributed by atoms with E-state index >= 15 is 0 Å². The van der Waals surface area contributed by atoms with Crippen molar-refractivity contribution in [2.75, 3.05) is 12.4 Å². The molecule has 5 nitrogen and oxygen atoms in total. The fourth-order valence-corrected chi connectivity index (χ4v) is 3.87. The number of hydrogen-bond acceptors (Lipinski definition) is 4. The van der Waals surface area contributed by atoms with Gasteiger partial charge in [0, 0.05) is 21.4 Å². The Kier molecular flexibility index (Phi) is 6.65. The van der Waals surface area contributed by atoms with Crippen molar-refractivity contribution in [2.45, 2.75) is 24.8 Å². The monoisotopic (exact) mass is 416 g/mol. The number of carbonyl (C=O) groups excluding carboxylic acids is 2. The Bertz CT molecular complexity index is 895. The van der Waals surface area contributed by atoms with Crippen molar-refractivity contribution >= 4 is 35.4 Å². The molecule has 0 aliphatic carbocycles. The van der Waals surface area contributed by atoms with Gasteiger partial charge in [0.15, 0.2) is 0 Å². The Labute approximate surface area is 173 Å². The van der Waals surface area contributed by atoms with Crippen molar-refractivity contribution in [2.24, 2.45) is 0 Å². The molecule has 2 N–H and O–H groups in total. The number of aryl methyl sites for hydroxylation is 1. The SMILES string of the molecule is CCOC(=O)C1=C(CSc2ccc(C)cc2)NC(=O)NC1c1ccc(Cl)cc1. The Morgan fingerprint density at radius 1 is 1.14 bits per heavy atom. The van der Waals surface area contributed by atoms with Crippen LogP contribution in [0, 0.1) is 6.92 Å². The van der Waals surface area contributed by atoms with Crippen molar-refractivity contribution in [3.05, 3.63) is 76.0 Å². The molecule has 1 heterocycles. The van der Waals surface area contributed by atoms with Gasteiger partial charge in [0.2, 0.25) is 0 Å². The number of hydrogen-bond donors (Lipinski definition) is 2. The second-order valence-corrected chi connectivity index (χ2v) is 7.78. The van der Waals surface area contributed by atoms with E-state index in [-0.39, 0.29) is 12.6 Å². The normalized spacial score (nSPS) is 16.4. The lowest BCUT2D eigenvalue weighted by Gasteiger charge is -2.29. The minimum absolute atomic E-state index is 0.252. The van der Waals surface area contributed by atoms with Gasteiger partial charge in [-0.05, 0) is 43.7 Å². The quantitative estimate of drug-likeness (QED) is 0.533. The number of thioether (sulfide) groups is 1. The molecule has 0 spiro atoms. The van der Waals surface area contributed by atoms with Crippen LogP contribution in [0.5, 0.6) is 0 Å². The third-order valence-electron chi connectivity index (χ3n) is 4.26. The van der Waals surface area contributed by atoms with Crippen LogP contribution >= 0.6 is 23.4 Å². The number of halogens is 1. The molecule has 0 saturated heterocycles. The molecule has 1 atom stereocenters. The van der Waals surface area contributed by atoms with E-state index in [1.165, 1.54) is 5.56 Å². The summed E-state index contributed by atoms with van der Waals surface area (Å²) >= 11 is 7.53. The molecule has 28 heavy (non-hydrogen) atoms. The highest BCUT2D eigenvalue weighted by Gasteiger charge is 2.33. The first-order chi connectivity index (χ1) is 13.5. The summed E-state index contributed by atoms with van der Waals surface area (Å²) in [6.45, 7) is 4.03. The maximum Gasteiger partial charge on any atom is 0.338 e. The summed E-state index contributed by atoms with van der Waals surface area (Å²) in [5, 5.41) is 6.18. The minimum atomic E-state index is -0.598. The van der Waals surface area contributed by atoms with Crippen LogP contribution in [0.1, 0.15) is 24.1 Å². The molecular weight excluding hydrogens is 396 g/mol. The molecule has 0 bridgehead atoms. The summed E-state index contributed by atoms with van der Waals surface area (Å²) < 4.78 is 5.27. The molecule has 1 aliphatic rings. The number of ether oxygens (including phenoxy) is 1. The maximum atomic E-state index is 12.7. The van der Waals surface area contributed by atoms with Crippen molar-refractivity contribution < 1.29 is 14.3 Å². The Morgan fingerprint density at radius 3 is 2.46 bits per heavy atom. The van der Waals surface area contributed by atoms with Gasteiger partial charge in [-0.15, -0.1) is 11.8 Å². The Balaban J connectivity index is 1.94. The molecule has 3 rings (SSSR count). The predicted molar refractivity (Wildman–Crippen MR) is 111 cm³/mol. The molecule has 0 aromatic heterocycles. The van der Waals surface area contributed by atoms with Crippen LogP contribution < -0.4 is 10.6 Å². The van der Waals surface area contributed by atoms with Gasteiger partial charge in [0.05, 0.1) is 18.2 Å². The lowest BCUT2D eigenvalue weighted by Crippen LogP contribution is -2.46. The van der Waals surface area contributed by atoms with E-state index in [9.17, 15) is 9.59 Å². The Morgan fingerprint density at radius 2 is 1.82 bits per heavy atom. The molecular formula is C21H21ClN2O3S. The second-order valence-electron chi connectivity index (χ2n) is 6.30. The molecule has 1 aliphatic heterocycles. The first kappa shape index (κ1) is 20.3. The predicted octanol–water partition coefficient (Wildman–Crippen LogP) is 4.61. The van der Waals surface area contributed by atoms with Crippen molar-refractivity contribution in [3.8, 4) is 0 Å². The summed E-state index contributed by atoms with van der Waals surface area (Å²) in [7, 11) is 0. The van der Waals surface area contributed by atoms with E-state index in [1.54, 1.807) is 43.0 Å². The number of benzene rings is 2. The third kappa shape index (κ3) is 4.88. The largest absolute Gasteiger partial charge is 0.463 e. The standard InChI is InChI=1S/C21H21ClN2O3S/c1-3-27-20(25)18-17(12-28-16-10-4-13(2)5-11-16)23-21(26)24-19(18)14-6-8-15(22)9-7-14/h4-11,19H,3,12H2,1-2H3,(H2,23,24,26). The number of esters is 1. The number of carbonyl (C=O) groups is 2. The number of rotatable bonds is 6. The average Bonchev–Trinajstić information content (AvgIpc) is 2.68. The second kappa shape index (κ2) is 9.17. The van der Waals surface area contributed by atoms with Crippen LogP contribution in [0.15, 0.2) is 64.7 Å². The molecule has 146 valence electrons. The van der Waals surface area contributed by atoms with Crippen molar-refractivity contribution in [1.82, 2.24) is 10.6 Å². The minimum Gasteiger partial charge on any atom is -0.463 e. The first-order valence-corrected chi connectivity index (χ1v) is 10.3. The van der Waals surface area contributed by atoms with E-state index in [4.69, 9.17) is 16.3 Å². The van der Waals surface area contributed by atoms with Gasteiger partial charge in [-0.3, -0.25) is 0 Å². The summed E-state index contributed by atoms with van der Waals surface area (Å²) in [6, 6.07) is 14.2. The van der Waals surface area contributed by atoms with Crippen molar-refractivity contribution in [1.29, 1.82) is 0 Å². The van der Waals surface area contributed by atoms with E-state index in [0.717, 1.165) is 10.5 Å². The van der Waals surface area contributed by atoms with Crippen LogP contribution in [0.3, 0.4) is 0 Å². The van der Waals surface area contributed by atoms with Gasteiger partial charge >= 0.3 is 12.0 Å². The van der Waals surface area contributed by atoms with E-state index < -0.39 is 12.0 Å². The lowest BCUT2D eigenvalue weighted by atomic mass is 9.95. The average molecular weight is 417 g/mol. The van der Waals surface area contributed by atoms with Gasteiger partial charge in [0.1, 0.15) is 0 Å². The van der Waals surface area contributed by atoms with Crippen LogP contribution in [-0.2, 0) is 9.53 Å². The van der Waals surface area contributed by atoms with E-state index in [2.05, 4.69) is 10.6 Å². The van der Waals surface area contributed by atoms with Crippen LogP contribution in [0.2, 0.25) is 5.02 Å². The van der Waals surface area contributed by atoms with Gasteiger partial charge in [-0.2, -0.15) is 0 Å². The highest BCUT2D eigenvalue weighted by Crippen LogP contribution is 2.31. The van der Waals surface area contributed by atoms with Crippen molar-refractivity contribution in [3.63, 3.8) is 0 Å². The van der Waals surface area contributed by atoms with E-state index in [1.807, 2.05) is 31.2 Å². The first-order valence-electron chi connectivity index (χ1n) is 8.90. The summed E-state index contributed by atoms with van der Waals surface area (Å²) in [5.41, 5.74) is 2.89. The van der Waals surface area contributed by atoms with Gasteiger partial charge < -0.3 is 15.4 Å². The van der Waals surface area contributed by atoms with Gasteiger partial charge in [0.25, 0.3) is 0 Å². The zero-order valence-electron chi connectivity index (χ0n) is 15.6. The maximum absolute atomic E-state index is 12.7. The molecule has 0 fully saturated rings. The number of urea groups is 1. The third-order valence-corrected chi connectivity index (χ3v) is 5.55. The highest BCUT2D eigenvalue weighted by molar-refractivity contribution is 7.99. The van der Waals surface area contributed by atoms with E-state index in [0.29, 0.717) is 22.0 Å². The van der Waals surface area contributed by atoms with Gasteiger partial charge in [-0.1, -0.05) is 41.4 Å². The summed E-state index contributed by atoms with van der Waals surface area (Å²) in [6.07, 6.45) is 0. The summed E-state index contributed by atoms with van der Waals surface area (Å²) in [5.74, 6) is -0.0104. The molecule has 0 saturated carbocycles. The topological polar surface area (TPSA) is 67.4 Å². The molecule has 2 amide bonds. The smallest absolute Gasteiger partial charge is 0.338 e. The zero-order valence-corrected chi connectivity index (χ0v) is 17.2. The van der Waals surface area contributed by atoms with Gasteiger partial charge in [-0.25, -0.2) is 9.59 Å². The van der Waals surface area contributed by atoms with Crippen LogP contribution in [0.4, 0.5) is 4.79 Å². The lowest BCUT2D eigenvalue weighted by molar-refractivity contribution is -0.139. The molecule has 0 radical (unpaired) electrons. The number of amides is 2. The van der Waals surface area contributed by atoms with Crippen LogP contribution in [-0.4, -0.2) is 24.4 Å². The highest BCUT2D eigenvalue weighted by atomic mass is 35.5. The molecule has 7 heteroatoms. The fourth-order valence-electron chi connectivity index (χ4n) is 2.88. The van der Waals surface area contributed by atoms with Crippen LogP contribution in [0.25, 0.3) is 0 Å².